The lowest BCUT2D eigenvalue weighted by Crippen LogP contribution is -2.40. The van der Waals surface area contributed by atoms with Crippen molar-refractivity contribution in [2.75, 3.05) is 6.54 Å². The number of halogens is 1. The molecule has 0 saturated carbocycles. The zero-order valence-corrected chi connectivity index (χ0v) is 17.6. The van der Waals surface area contributed by atoms with Gasteiger partial charge in [-0.1, -0.05) is 29.8 Å². The van der Waals surface area contributed by atoms with E-state index in [2.05, 4.69) is 9.97 Å². The van der Waals surface area contributed by atoms with Gasteiger partial charge in [0, 0.05) is 36.8 Å². The minimum Gasteiger partial charge on any atom is -0.269 e. The fraction of sp³-hybridized carbons (Fsp3) is 0.190. The van der Waals surface area contributed by atoms with Crippen LogP contribution in [0.3, 0.4) is 0 Å². The predicted molar refractivity (Wildman–Crippen MR) is 114 cm³/mol. The second-order valence-electron chi connectivity index (χ2n) is 7.29. The third-order valence-corrected chi connectivity index (χ3v) is 7.44. The van der Waals surface area contributed by atoms with Gasteiger partial charge >= 0.3 is 0 Å². The summed E-state index contributed by atoms with van der Waals surface area (Å²) in [6.45, 7) is 2.03. The molecule has 0 unspecified atom stereocenters. The first-order valence-electron chi connectivity index (χ1n) is 9.41. The van der Waals surface area contributed by atoms with Crippen LogP contribution in [0.25, 0.3) is 16.6 Å². The molecule has 0 radical (unpaired) electrons. The van der Waals surface area contributed by atoms with E-state index in [-0.39, 0.29) is 23.5 Å². The molecule has 0 fully saturated rings. The molecule has 4 heterocycles. The van der Waals surface area contributed by atoms with Crippen LogP contribution in [0.5, 0.6) is 0 Å². The standard InChI is InChI=1S/C21H17ClN4O3S/c1-13-5-6-14-3-2-4-18(20(14)23-13)30(28,29)25-10-9-17-16(12-25)21(27)26-11-15(22)7-8-19(26)24-17/h2-8,11H,9-10,12H2,1H3. The lowest BCUT2D eigenvalue weighted by Gasteiger charge is -2.27. The van der Waals surface area contributed by atoms with Crippen molar-refractivity contribution in [3.8, 4) is 0 Å². The van der Waals surface area contributed by atoms with Crippen molar-refractivity contribution in [3.63, 3.8) is 0 Å². The molecule has 5 rings (SSSR count). The number of aryl methyl sites for hydroxylation is 1. The zero-order valence-electron chi connectivity index (χ0n) is 16.0. The Bertz CT molecular complexity index is 1500. The van der Waals surface area contributed by atoms with Gasteiger partial charge in [0.1, 0.15) is 10.5 Å². The van der Waals surface area contributed by atoms with E-state index in [1.165, 1.54) is 14.9 Å². The number of nitrogens with zero attached hydrogens (tertiary/aromatic N) is 4. The molecule has 7 nitrogen and oxygen atoms in total. The molecule has 1 aliphatic rings. The zero-order chi connectivity index (χ0) is 21.0. The first-order chi connectivity index (χ1) is 14.3. The van der Waals surface area contributed by atoms with Crippen LogP contribution >= 0.6 is 11.6 Å². The lowest BCUT2D eigenvalue weighted by atomic mass is 10.1. The summed E-state index contributed by atoms with van der Waals surface area (Å²) >= 11 is 6.02. The Morgan fingerprint density at radius 2 is 1.90 bits per heavy atom. The number of hydrogen-bond acceptors (Lipinski definition) is 5. The number of pyridine rings is 2. The van der Waals surface area contributed by atoms with Crippen molar-refractivity contribution in [1.29, 1.82) is 0 Å². The summed E-state index contributed by atoms with van der Waals surface area (Å²) in [6.07, 6.45) is 1.86. The van der Waals surface area contributed by atoms with E-state index in [1.54, 1.807) is 24.3 Å². The topological polar surface area (TPSA) is 84.6 Å². The molecule has 1 aromatic carbocycles. The van der Waals surface area contributed by atoms with Gasteiger partial charge in [-0.2, -0.15) is 4.31 Å². The molecular formula is C21H17ClN4O3S. The number of fused-ring (bicyclic) bond motifs is 3. The van der Waals surface area contributed by atoms with Gasteiger partial charge in [0.15, 0.2) is 0 Å². The Kier molecular flexibility index (Phi) is 4.39. The summed E-state index contributed by atoms with van der Waals surface area (Å²) < 4.78 is 29.7. The molecule has 9 heteroatoms. The molecular weight excluding hydrogens is 424 g/mol. The third kappa shape index (κ3) is 2.99. The number of sulfonamides is 1. The average Bonchev–Trinajstić information content (AvgIpc) is 2.73. The highest BCUT2D eigenvalue weighted by atomic mass is 35.5. The first-order valence-corrected chi connectivity index (χ1v) is 11.2. The number of rotatable bonds is 2. The maximum atomic E-state index is 13.5. The van der Waals surface area contributed by atoms with Gasteiger partial charge in [0.25, 0.3) is 5.56 Å². The molecule has 0 amide bonds. The smallest absolute Gasteiger partial charge is 0.262 e. The molecule has 0 N–H and O–H groups in total. The van der Waals surface area contributed by atoms with Crippen molar-refractivity contribution >= 4 is 38.2 Å². The number of para-hydroxylation sites is 1. The van der Waals surface area contributed by atoms with Gasteiger partial charge in [0.2, 0.25) is 10.0 Å². The van der Waals surface area contributed by atoms with Gasteiger partial charge < -0.3 is 0 Å². The molecule has 0 aliphatic carbocycles. The summed E-state index contributed by atoms with van der Waals surface area (Å²) in [5, 5.41) is 1.16. The van der Waals surface area contributed by atoms with Gasteiger partial charge in [-0.05, 0) is 31.2 Å². The largest absolute Gasteiger partial charge is 0.269 e. The summed E-state index contributed by atoms with van der Waals surface area (Å²) in [6, 6.07) is 12.1. The molecule has 30 heavy (non-hydrogen) atoms. The van der Waals surface area contributed by atoms with E-state index >= 15 is 0 Å². The highest BCUT2D eigenvalue weighted by Crippen LogP contribution is 2.28. The summed E-state index contributed by atoms with van der Waals surface area (Å²) in [4.78, 5) is 22.2. The van der Waals surface area contributed by atoms with Crippen molar-refractivity contribution in [3.05, 3.63) is 81.0 Å². The Labute approximate surface area is 177 Å². The quantitative estimate of drug-likeness (QED) is 0.478. The molecule has 3 aromatic heterocycles. The Balaban J connectivity index is 1.62. The van der Waals surface area contributed by atoms with Crippen LogP contribution < -0.4 is 5.56 Å². The fourth-order valence-corrected chi connectivity index (χ4v) is 5.54. The minimum absolute atomic E-state index is 0.0405. The summed E-state index contributed by atoms with van der Waals surface area (Å²) in [7, 11) is -3.86. The lowest BCUT2D eigenvalue weighted by molar-refractivity contribution is 0.385. The van der Waals surface area contributed by atoms with Gasteiger partial charge in [-0.3, -0.25) is 14.2 Å². The van der Waals surface area contributed by atoms with E-state index in [0.29, 0.717) is 33.9 Å². The van der Waals surface area contributed by atoms with Crippen LogP contribution in [0.1, 0.15) is 17.0 Å². The SMILES string of the molecule is Cc1ccc2cccc(S(=O)(=O)N3CCc4nc5ccc(Cl)cn5c(=O)c4C3)c2n1. The Hall–Kier alpha value is -2.81. The predicted octanol–water partition coefficient (Wildman–Crippen LogP) is 2.95. The summed E-state index contributed by atoms with van der Waals surface area (Å²) in [5.74, 6) is 0. The second kappa shape index (κ2) is 6.87. The monoisotopic (exact) mass is 440 g/mol. The van der Waals surface area contributed by atoms with Crippen molar-refractivity contribution < 1.29 is 8.42 Å². The van der Waals surface area contributed by atoms with Crippen molar-refractivity contribution in [1.82, 2.24) is 18.7 Å². The molecule has 0 saturated heterocycles. The van der Waals surface area contributed by atoms with Crippen LogP contribution in [-0.2, 0) is 23.0 Å². The van der Waals surface area contributed by atoms with Crippen molar-refractivity contribution in [2.24, 2.45) is 0 Å². The molecule has 1 aliphatic heterocycles. The highest BCUT2D eigenvalue weighted by Gasteiger charge is 2.32. The average molecular weight is 441 g/mol. The Morgan fingerprint density at radius 3 is 2.73 bits per heavy atom. The van der Waals surface area contributed by atoms with Gasteiger partial charge in [-0.15, -0.1) is 0 Å². The first kappa shape index (κ1) is 19.2. The third-order valence-electron chi connectivity index (χ3n) is 5.34. The molecule has 4 aromatic rings. The second-order valence-corrected chi connectivity index (χ2v) is 9.63. The van der Waals surface area contributed by atoms with E-state index in [1.807, 2.05) is 25.1 Å². The maximum Gasteiger partial charge on any atom is 0.262 e. The fourth-order valence-electron chi connectivity index (χ4n) is 3.82. The number of benzene rings is 1. The Morgan fingerprint density at radius 1 is 1.07 bits per heavy atom. The number of aromatic nitrogens is 3. The van der Waals surface area contributed by atoms with Crippen LogP contribution in [0.2, 0.25) is 5.02 Å². The van der Waals surface area contributed by atoms with Gasteiger partial charge in [-0.25, -0.2) is 13.4 Å². The van der Waals surface area contributed by atoms with Crippen LogP contribution in [-0.4, -0.2) is 33.6 Å². The van der Waals surface area contributed by atoms with Crippen LogP contribution in [0.15, 0.2) is 58.4 Å². The minimum atomic E-state index is -3.86. The van der Waals surface area contributed by atoms with E-state index < -0.39 is 10.0 Å². The molecule has 0 atom stereocenters. The molecule has 0 bridgehead atoms. The normalized spacial score (nSPS) is 14.9. The van der Waals surface area contributed by atoms with Crippen molar-refractivity contribution in [2.45, 2.75) is 24.8 Å². The maximum absolute atomic E-state index is 13.5. The van der Waals surface area contributed by atoms with Crippen LogP contribution in [0, 0.1) is 6.92 Å². The summed E-state index contributed by atoms with van der Waals surface area (Å²) in [5.41, 5.74) is 2.36. The van der Waals surface area contributed by atoms with E-state index in [0.717, 1.165) is 11.1 Å². The molecule has 152 valence electrons. The van der Waals surface area contributed by atoms with Gasteiger partial charge in [0.05, 0.1) is 21.8 Å². The molecule has 0 spiro atoms. The van der Waals surface area contributed by atoms with E-state index in [9.17, 15) is 13.2 Å². The van der Waals surface area contributed by atoms with Crippen LogP contribution in [0.4, 0.5) is 0 Å². The van der Waals surface area contributed by atoms with E-state index in [4.69, 9.17) is 11.6 Å². The number of hydrogen-bond donors (Lipinski definition) is 0. The highest BCUT2D eigenvalue weighted by molar-refractivity contribution is 7.89.